The number of hydrogen-bond acceptors (Lipinski definition) is 4. The van der Waals surface area contributed by atoms with E-state index in [4.69, 9.17) is 14.6 Å². The fourth-order valence-corrected chi connectivity index (χ4v) is 3.99. The van der Waals surface area contributed by atoms with Gasteiger partial charge in [-0.2, -0.15) is 0 Å². The quantitative estimate of drug-likeness (QED) is 0.369. The summed E-state index contributed by atoms with van der Waals surface area (Å²) in [6.07, 6.45) is 3.14. The van der Waals surface area contributed by atoms with Crippen LogP contribution in [0.25, 0.3) is 0 Å². The topological polar surface area (TPSA) is 56.5 Å². The first-order valence-electron chi connectivity index (χ1n) is 4.97. The smallest absolute Gasteiger partial charge is 0.358 e. The Morgan fingerprint density at radius 2 is 1.87 bits per heavy atom. The summed E-state index contributed by atoms with van der Waals surface area (Å²) in [5, 5.41) is 3.16. The van der Waals surface area contributed by atoms with E-state index in [2.05, 4.69) is 18.5 Å². The first-order chi connectivity index (χ1) is 7.10. The molecule has 3 N–H and O–H groups in total. The zero-order valence-electron chi connectivity index (χ0n) is 9.82. The molecule has 5 heteroatoms. The first-order valence-corrected chi connectivity index (χ1v) is 7.07. The van der Waals surface area contributed by atoms with Crippen molar-refractivity contribution in [3.63, 3.8) is 0 Å². The van der Waals surface area contributed by atoms with Crippen molar-refractivity contribution in [3.8, 4) is 0 Å². The lowest BCUT2D eigenvalue weighted by atomic mass is 10.5. The average molecular weight is 230 g/mol. The maximum Gasteiger partial charge on any atom is 0.358 e. The highest BCUT2D eigenvalue weighted by Crippen LogP contribution is 2.17. The maximum absolute atomic E-state index is 5.74. The third kappa shape index (κ3) is 3.55. The lowest BCUT2D eigenvalue weighted by molar-refractivity contribution is 0.229. The molecule has 0 fully saturated rings. The molecular formula is C10H22N2O2Si. The molecule has 88 valence electrons. The molecule has 4 nitrogen and oxygen atoms in total. The normalized spacial score (nSPS) is 15.7. The van der Waals surface area contributed by atoms with Gasteiger partial charge in [0.15, 0.2) is 0 Å². The molecule has 0 aromatic heterocycles. The number of nitrogens with two attached hydrogens (primary N) is 1. The molecule has 2 atom stereocenters. The Morgan fingerprint density at radius 1 is 1.33 bits per heavy atom. The van der Waals surface area contributed by atoms with Gasteiger partial charge in [-0.1, -0.05) is 19.1 Å². The first kappa shape index (κ1) is 14.5. The summed E-state index contributed by atoms with van der Waals surface area (Å²) in [4.78, 5) is 0. The van der Waals surface area contributed by atoms with E-state index in [1.165, 1.54) is 0 Å². The summed E-state index contributed by atoms with van der Waals surface area (Å²) >= 11 is 0. The van der Waals surface area contributed by atoms with Crippen LogP contribution in [0.1, 0.15) is 6.92 Å². The molecule has 0 heterocycles. The molecule has 0 spiro atoms. The van der Waals surface area contributed by atoms with Gasteiger partial charge in [-0.25, -0.2) is 0 Å². The Bertz CT molecular complexity index is 199. The fraction of sp³-hybridized carbons (Fsp3) is 0.600. The minimum Gasteiger partial charge on any atom is -0.397 e. The van der Waals surface area contributed by atoms with Gasteiger partial charge >= 0.3 is 8.56 Å². The van der Waals surface area contributed by atoms with Crippen LogP contribution >= 0.6 is 0 Å². The van der Waals surface area contributed by atoms with Crippen molar-refractivity contribution in [2.45, 2.75) is 24.8 Å². The number of hydrogen-bond donors (Lipinski definition) is 2. The highest BCUT2D eigenvalue weighted by atomic mass is 28.4. The molecule has 0 aliphatic heterocycles. The second-order valence-electron chi connectivity index (χ2n) is 3.22. The fourth-order valence-electron chi connectivity index (χ4n) is 1.50. The Morgan fingerprint density at radius 3 is 2.13 bits per heavy atom. The predicted molar refractivity (Wildman–Crippen MR) is 65.5 cm³/mol. The SMILES string of the molecule is C=CC(N)NC(C=C)[Si](CC)(OC)OC. The Labute approximate surface area is 93.4 Å². The van der Waals surface area contributed by atoms with Crippen molar-refractivity contribution in [2.24, 2.45) is 5.73 Å². The van der Waals surface area contributed by atoms with Crippen LogP contribution in [0.4, 0.5) is 0 Å². The van der Waals surface area contributed by atoms with Crippen LogP contribution in [0.2, 0.25) is 6.04 Å². The van der Waals surface area contributed by atoms with Gasteiger partial charge in [-0.05, 0) is 6.04 Å². The van der Waals surface area contributed by atoms with Gasteiger partial charge in [0.1, 0.15) is 0 Å². The van der Waals surface area contributed by atoms with E-state index in [-0.39, 0.29) is 11.8 Å². The molecular weight excluding hydrogens is 208 g/mol. The second-order valence-corrected chi connectivity index (χ2v) is 6.98. The highest BCUT2D eigenvalue weighted by Gasteiger charge is 2.41. The zero-order valence-corrected chi connectivity index (χ0v) is 10.8. The Balaban J connectivity index is 4.73. The van der Waals surface area contributed by atoms with Crippen LogP contribution in [0.5, 0.6) is 0 Å². The standard InChI is InChI=1S/C10H22N2O2Si/c1-6-9(11)12-10(7-2)15(8-3,13-4)14-5/h6-7,9-10,12H,1-2,8,11H2,3-5H3. The molecule has 0 saturated carbocycles. The van der Waals surface area contributed by atoms with Crippen LogP contribution in [-0.4, -0.2) is 34.6 Å². The highest BCUT2D eigenvalue weighted by molar-refractivity contribution is 6.69. The molecule has 0 bridgehead atoms. The molecule has 0 aromatic rings. The van der Waals surface area contributed by atoms with Crippen molar-refractivity contribution in [1.82, 2.24) is 5.32 Å². The summed E-state index contributed by atoms with van der Waals surface area (Å²) in [6, 6.07) is 0.827. The van der Waals surface area contributed by atoms with E-state index in [1.54, 1.807) is 26.4 Å². The summed E-state index contributed by atoms with van der Waals surface area (Å²) in [5.41, 5.74) is 5.69. The summed E-state index contributed by atoms with van der Waals surface area (Å²) in [5.74, 6) is 0. The van der Waals surface area contributed by atoms with Crippen molar-refractivity contribution in [1.29, 1.82) is 0 Å². The largest absolute Gasteiger partial charge is 0.397 e. The van der Waals surface area contributed by atoms with Crippen molar-refractivity contribution >= 4 is 8.56 Å². The summed E-state index contributed by atoms with van der Waals surface area (Å²) < 4.78 is 11.1. The molecule has 0 amide bonds. The van der Waals surface area contributed by atoms with Crippen LogP contribution in [-0.2, 0) is 8.85 Å². The van der Waals surface area contributed by atoms with E-state index in [1.807, 2.05) is 6.92 Å². The van der Waals surface area contributed by atoms with Gasteiger partial charge in [0, 0.05) is 14.2 Å². The molecule has 2 unspecified atom stereocenters. The van der Waals surface area contributed by atoms with Crippen molar-refractivity contribution in [3.05, 3.63) is 25.3 Å². The minimum atomic E-state index is -2.28. The molecule has 0 aromatic carbocycles. The van der Waals surface area contributed by atoms with Gasteiger partial charge in [0.25, 0.3) is 0 Å². The monoisotopic (exact) mass is 230 g/mol. The third-order valence-electron chi connectivity index (χ3n) is 2.52. The van der Waals surface area contributed by atoms with E-state index >= 15 is 0 Å². The number of nitrogens with one attached hydrogen (secondary N) is 1. The van der Waals surface area contributed by atoms with Gasteiger partial charge < -0.3 is 14.6 Å². The molecule has 0 aliphatic carbocycles. The third-order valence-corrected chi connectivity index (χ3v) is 6.24. The molecule has 15 heavy (non-hydrogen) atoms. The maximum atomic E-state index is 5.74. The second kappa shape index (κ2) is 6.92. The molecule has 0 rings (SSSR count). The van der Waals surface area contributed by atoms with E-state index in [0.717, 1.165) is 6.04 Å². The van der Waals surface area contributed by atoms with Gasteiger partial charge in [0.2, 0.25) is 0 Å². The van der Waals surface area contributed by atoms with Gasteiger partial charge in [0.05, 0.1) is 11.8 Å². The van der Waals surface area contributed by atoms with Crippen molar-refractivity contribution in [2.75, 3.05) is 14.2 Å². The number of rotatable bonds is 8. The van der Waals surface area contributed by atoms with Gasteiger partial charge in [-0.15, -0.1) is 13.2 Å². The predicted octanol–water partition coefficient (Wildman–Crippen LogP) is 0.895. The van der Waals surface area contributed by atoms with E-state index in [0.29, 0.717) is 0 Å². The van der Waals surface area contributed by atoms with Crippen LogP contribution in [0.15, 0.2) is 25.3 Å². The minimum absolute atomic E-state index is 0.0505. The molecule has 0 saturated heterocycles. The zero-order chi connectivity index (χ0) is 11.9. The van der Waals surface area contributed by atoms with Crippen LogP contribution < -0.4 is 11.1 Å². The van der Waals surface area contributed by atoms with Gasteiger partial charge in [-0.3, -0.25) is 5.32 Å². The lowest BCUT2D eigenvalue weighted by Gasteiger charge is -2.34. The average Bonchev–Trinajstić information content (AvgIpc) is 2.29. The van der Waals surface area contributed by atoms with E-state index in [9.17, 15) is 0 Å². The van der Waals surface area contributed by atoms with Crippen molar-refractivity contribution < 1.29 is 8.85 Å². The summed E-state index contributed by atoms with van der Waals surface area (Å²) in [6.45, 7) is 9.44. The lowest BCUT2D eigenvalue weighted by Crippen LogP contribution is -2.60. The molecule has 0 aliphatic rings. The Hall–Kier alpha value is -0.463. The van der Waals surface area contributed by atoms with Crippen LogP contribution in [0.3, 0.4) is 0 Å². The summed E-state index contributed by atoms with van der Waals surface area (Å²) in [7, 11) is 1.04. The Kier molecular flexibility index (Phi) is 6.70. The van der Waals surface area contributed by atoms with Crippen LogP contribution in [0, 0.1) is 0 Å². The van der Waals surface area contributed by atoms with E-state index < -0.39 is 8.56 Å². The molecule has 0 radical (unpaired) electrons.